The lowest BCUT2D eigenvalue weighted by atomic mass is 10.1. The highest BCUT2D eigenvalue weighted by Gasteiger charge is 2.26. The molecule has 1 heterocycles. The summed E-state index contributed by atoms with van der Waals surface area (Å²) in [5, 5.41) is 20.5. The summed E-state index contributed by atoms with van der Waals surface area (Å²) in [7, 11) is -1.52. The number of rotatable bonds is 10. The third-order valence-electron chi connectivity index (χ3n) is 4.15. The molecule has 1 atom stereocenters. The van der Waals surface area contributed by atoms with E-state index >= 15 is 0 Å². The second kappa shape index (κ2) is 10.4. The van der Waals surface area contributed by atoms with Gasteiger partial charge in [-0.25, -0.2) is 4.79 Å². The zero-order chi connectivity index (χ0) is 22.3. The van der Waals surface area contributed by atoms with Crippen molar-refractivity contribution in [1.29, 1.82) is 5.26 Å². The van der Waals surface area contributed by atoms with Gasteiger partial charge in [0.15, 0.2) is 0 Å². The van der Waals surface area contributed by atoms with Crippen molar-refractivity contribution in [3.05, 3.63) is 58.1 Å². The highest BCUT2D eigenvalue weighted by molar-refractivity contribution is 8.03. The molecule has 0 aliphatic rings. The summed E-state index contributed by atoms with van der Waals surface area (Å²) in [5.41, 5.74) is 0.862. The van der Waals surface area contributed by atoms with Gasteiger partial charge in [-0.1, -0.05) is 30.3 Å². The maximum atomic E-state index is 12.3. The Morgan fingerprint density at radius 3 is 2.57 bits per heavy atom. The fourth-order valence-electron chi connectivity index (χ4n) is 2.53. The highest BCUT2D eigenvalue weighted by Crippen LogP contribution is 2.19. The van der Waals surface area contributed by atoms with E-state index in [-0.39, 0.29) is 5.03 Å². The molecule has 2 aromatic rings. The van der Waals surface area contributed by atoms with E-state index in [1.54, 1.807) is 0 Å². The van der Waals surface area contributed by atoms with Crippen LogP contribution in [0.1, 0.15) is 11.1 Å². The lowest BCUT2D eigenvalue weighted by Gasteiger charge is -2.19. The molecule has 2 rings (SSSR count). The molecule has 0 unspecified atom stereocenters. The molecule has 0 aliphatic heterocycles. The standard InChI is InChI=1S/C18H21N5O5S2/c1-22(2)30(27,28)21-15(17(24)25)11-23-10-14(16(29-12-19)20-18(23)26)9-8-13-6-4-3-5-7-13/h3-7,10,15,21H,8-9,11H2,1-2H3,(H,24,25)/t15-/m0/s1. The van der Waals surface area contributed by atoms with E-state index in [2.05, 4.69) is 4.98 Å². The first-order valence-corrected chi connectivity index (χ1v) is 11.0. The van der Waals surface area contributed by atoms with Gasteiger partial charge in [-0.05, 0) is 18.4 Å². The summed E-state index contributed by atoms with van der Waals surface area (Å²) < 4.78 is 27.9. The zero-order valence-corrected chi connectivity index (χ0v) is 18.0. The van der Waals surface area contributed by atoms with E-state index in [1.807, 2.05) is 40.5 Å². The smallest absolute Gasteiger partial charge is 0.348 e. The van der Waals surface area contributed by atoms with Crippen LogP contribution in [-0.2, 0) is 34.4 Å². The van der Waals surface area contributed by atoms with E-state index in [9.17, 15) is 23.1 Å². The Hall–Kier alpha value is -2.72. The molecule has 160 valence electrons. The number of aliphatic carboxylic acids is 1. The van der Waals surface area contributed by atoms with Crippen molar-refractivity contribution in [2.24, 2.45) is 0 Å². The Labute approximate surface area is 178 Å². The second-order valence-corrected chi connectivity index (χ2v) is 9.17. The number of hydrogen-bond donors (Lipinski definition) is 2. The number of carboxylic acid groups (broad SMARTS) is 1. The van der Waals surface area contributed by atoms with Crippen molar-refractivity contribution < 1.29 is 18.3 Å². The Kier molecular flexibility index (Phi) is 8.13. The first-order valence-electron chi connectivity index (χ1n) is 8.77. The minimum absolute atomic E-state index is 0.246. The first-order chi connectivity index (χ1) is 14.1. The van der Waals surface area contributed by atoms with E-state index in [0.29, 0.717) is 18.4 Å². The normalized spacial score (nSPS) is 12.5. The summed E-state index contributed by atoms with van der Waals surface area (Å²) in [6.07, 6.45) is 2.51. The molecule has 12 heteroatoms. The molecular formula is C18H21N5O5S2. The number of thioether (sulfide) groups is 1. The number of benzene rings is 1. The molecule has 0 fully saturated rings. The van der Waals surface area contributed by atoms with Crippen LogP contribution in [0.25, 0.3) is 0 Å². The van der Waals surface area contributed by atoms with E-state index in [4.69, 9.17) is 5.26 Å². The van der Waals surface area contributed by atoms with Crippen molar-refractivity contribution in [3.8, 4) is 5.40 Å². The number of hydrogen-bond acceptors (Lipinski definition) is 7. The summed E-state index contributed by atoms with van der Waals surface area (Å²) in [5.74, 6) is -1.44. The highest BCUT2D eigenvalue weighted by atomic mass is 32.2. The van der Waals surface area contributed by atoms with Gasteiger partial charge in [-0.2, -0.15) is 27.7 Å². The summed E-state index contributed by atoms with van der Waals surface area (Å²) in [6, 6.07) is 7.99. The zero-order valence-electron chi connectivity index (χ0n) is 16.3. The number of nitriles is 1. The van der Waals surface area contributed by atoms with Crippen LogP contribution >= 0.6 is 11.8 Å². The molecule has 30 heavy (non-hydrogen) atoms. The van der Waals surface area contributed by atoms with Crippen molar-refractivity contribution in [2.45, 2.75) is 30.5 Å². The van der Waals surface area contributed by atoms with Crippen LogP contribution in [0, 0.1) is 10.7 Å². The van der Waals surface area contributed by atoms with Crippen molar-refractivity contribution in [2.75, 3.05) is 14.1 Å². The molecule has 0 radical (unpaired) electrons. The van der Waals surface area contributed by atoms with Gasteiger partial charge >= 0.3 is 11.7 Å². The molecule has 0 spiro atoms. The SMILES string of the molecule is CN(C)S(=O)(=O)N[C@@H](Cn1cc(CCc2ccccc2)c(SC#N)nc1=O)C(=O)O. The van der Waals surface area contributed by atoms with Crippen LogP contribution in [-0.4, -0.2) is 53.5 Å². The Bertz CT molecular complexity index is 1090. The molecule has 1 aromatic heterocycles. The fourth-order valence-corrected chi connectivity index (χ4v) is 3.77. The van der Waals surface area contributed by atoms with Crippen molar-refractivity contribution in [1.82, 2.24) is 18.6 Å². The second-order valence-electron chi connectivity index (χ2n) is 6.48. The minimum Gasteiger partial charge on any atom is -0.480 e. The van der Waals surface area contributed by atoms with Crippen molar-refractivity contribution in [3.63, 3.8) is 0 Å². The number of carbonyl (C=O) groups is 1. The molecule has 2 N–H and O–H groups in total. The Balaban J connectivity index is 2.33. The molecule has 0 saturated heterocycles. The van der Waals surface area contributed by atoms with Gasteiger partial charge in [0.25, 0.3) is 10.2 Å². The third kappa shape index (κ3) is 6.39. The number of thiocyanates is 1. The van der Waals surface area contributed by atoms with Crippen molar-refractivity contribution >= 4 is 27.9 Å². The van der Waals surface area contributed by atoms with Gasteiger partial charge in [-0.15, -0.1) is 0 Å². The molecule has 10 nitrogen and oxygen atoms in total. The Morgan fingerprint density at radius 1 is 1.33 bits per heavy atom. The molecule has 0 aliphatic carbocycles. The van der Waals surface area contributed by atoms with Crippen LogP contribution in [0.15, 0.2) is 46.3 Å². The number of carboxylic acids is 1. The monoisotopic (exact) mass is 451 g/mol. The third-order valence-corrected chi connectivity index (χ3v) is 6.33. The van der Waals surface area contributed by atoms with Gasteiger partial charge in [0.05, 0.1) is 6.54 Å². The lowest BCUT2D eigenvalue weighted by Crippen LogP contribution is -2.49. The molecule has 0 amide bonds. The van der Waals surface area contributed by atoms with Crippen LogP contribution in [0.2, 0.25) is 0 Å². The van der Waals surface area contributed by atoms with Crippen LogP contribution in [0.3, 0.4) is 0 Å². The van der Waals surface area contributed by atoms with E-state index in [0.717, 1.165) is 26.2 Å². The number of nitrogens with one attached hydrogen (secondary N) is 1. The predicted molar refractivity (Wildman–Crippen MR) is 111 cm³/mol. The van der Waals surface area contributed by atoms with Gasteiger partial charge in [0.1, 0.15) is 16.5 Å². The molecule has 0 saturated carbocycles. The van der Waals surface area contributed by atoms with E-state index < -0.39 is 34.5 Å². The number of nitrogens with zero attached hydrogens (tertiary/aromatic N) is 4. The topological polar surface area (TPSA) is 145 Å². The van der Waals surface area contributed by atoms with Crippen LogP contribution in [0.5, 0.6) is 0 Å². The summed E-state index contributed by atoms with van der Waals surface area (Å²) in [4.78, 5) is 27.8. The maximum Gasteiger partial charge on any atom is 0.348 e. The number of aryl methyl sites for hydroxylation is 2. The van der Waals surface area contributed by atoms with Crippen LogP contribution in [0.4, 0.5) is 0 Å². The lowest BCUT2D eigenvalue weighted by molar-refractivity contribution is -0.139. The largest absolute Gasteiger partial charge is 0.480 e. The summed E-state index contributed by atoms with van der Waals surface area (Å²) >= 11 is 0.746. The number of aromatic nitrogens is 2. The van der Waals surface area contributed by atoms with Gasteiger partial charge in [0.2, 0.25) is 0 Å². The first kappa shape index (κ1) is 23.6. The molecule has 0 bridgehead atoms. The maximum absolute atomic E-state index is 12.3. The predicted octanol–water partition coefficient (Wildman–Crippen LogP) is 0.451. The average Bonchev–Trinajstić information content (AvgIpc) is 2.69. The van der Waals surface area contributed by atoms with Gasteiger partial charge in [-0.3, -0.25) is 9.36 Å². The quantitative estimate of drug-likeness (QED) is 0.301. The van der Waals surface area contributed by atoms with Gasteiger partial charge < -0.3 is 5.11 Å². The molecule has 1 aromatic carbocycles. The fraction of sp³-hybridized carbons (Fsp3) is 0.333. The minimum atomic E-state index is -4.03. The average molecular weight is 452 g/mol. The summed E-state index contributed by atoms with van der Waals surface area (Å²) in [6.45, 7) is -0.454. The van der Waals surface area contributed by atoms with E-state index in [1.165, 1.54) is 20.3 Å². The van der Waals surface area contributed by atoms with Crippen LogP contribution < -0.4 is 10.4 Å². The Morgan fingerprint density at radius 2 is 2.00 bits per heavy atom. The molecular weight excluding hydrogens is 430 g/mol. The van der Waals surface area contributed by atoms with Gasteiger partial charge in [0, 0.05) is 37.6 Å².